The lowest BCUT2D eigenvalue weighted by Crippen LogP contribution is -2.25. The molecule has 1 aromatic heterocycles. The van der Waals surface area contributed by atoms with Crippen molar-refractivity contribution in [2.45, 2.75) is 26.3 Å². The van der Waals surface area contributed by atoms with Gasteiger partial charge in [0.05, 0.1) is 0 Å². The molecule has 0 aromatic carbocycles. The lowest BCUT2D eigenvalue weighted by molar-refractivity contribution is 0.659. The van der Waals surface area contributed by atoms with Gasteiger partial charge in [0, 0.05) is 18.4 Å². The van der Waals surface area contributed by atoms with Crippen molar-refractivity contribution in [1.82, 2.24) is 10.3 Å². The third-order valence-corrected chi connectivity index (χ3v) is 2.08. The number of likely N-dealkylation sites (N-methyl/N-ethyl adjacent to an activating group) is 1. The Balaban J connectivity index is 2.62. The van der Waals surface area contributed by atoms with Gasteiger partial charge < -0.3 is 5.32 Å². The van der Waals surface area contributed by atoms with Crippen LogP contribution in [0, 0.1) is 0 Å². The smallest absolute Gasteiger partial charge is 0.0300 e. The number of rotatable bonds is 4. The molecule has 0 saturated carbocycles. The molecular formula is C12H18N2. The first-order valence-electron chi connectivity index (χ1n) is 4.93. The molecule has 76 valence electrons. The molecule has 0 radical (unpaired) electrons. The second kappa shape index (κ2) is 5.55. The molecule has 0 amide bonds. The molecule has 1 N–H and O–H groups in total. The number of pyridine rings is 1. The quantitative estimate of drug-likeness (QED) is 0.736. The van der Waals surface area contributed by atoms with Gasteiger partial charge in [-0.15, -0.1) is 0 Å². The van der Waals surface area contributed by atoms with Crippen molar-refractivity contribution in [3.63, 3.8) is 0 Å². The largest absolute Gasteiger partial charge is 0.313 e. The SMILES string of the molecule is CNC(C=C(C)C)Cc1cccnc1. The summed E-state index contributed by atoms with van der Waals surface area (Å²) in [6.07, 6.45) is 6.96. The van der Waals surface area contributed by atoms with Gasteiger partial charge in [-0.3, -0.25) is 4.98 Å². The zero-order valence-corrected chi connectivity index (χ0v) is 9.12. The van der Waals surface area contributed by atoms with E-state index >= 15 is 0 Å². The van der Waals surface area contributed by atoms with Crippen LogP contribution in [0.2, 0.25) is 0 Å². The first-order valence-corrected chi connectivity index (χ1v) is 4.93. The van der Waals surface area contributed by atoms with Crippen LogP contribution < -0.4 is 5.32 Å². The molecule has 0 spiro atoms. The van der Waals surface area contributed by atoms with Crippen LogP contribution in [0.3, 0.4) is 0 Å². The van der Waals surface area contributed by atoms with Crippen molar-refractivity contribution in [3.8, 4) is 0 Å². The number of aromatic nitrogens is 1. The molecule has 1 aromatic rings. The van der Waals surface area contributed by atoms with Crippen LogP contribution in [-0.4, -0.2) is 18.1 Å². The lowest BCUT2D eigenvalue weighted by Gasteiger charge is -2.12. The number of allylic oxidation sites excluding steroid dienone is 1. The number of hydrogen-bond acceptors (Lipinski definition) is 2. The Morgan fingerprint density at radius 3 is 2.86 bits per heavy atom. The van der Waals surface area contributed by atoms with Gasteiger partial charge in [-0.1, -0.05) is 17.7 Å². The summed E-state index contributed by atoms with van der Waals surface area (Å²) in [4.78, 5) is 4.10. The monoisotopic (exact) mass is 190 g/mol. The summed E-state index contributed by atoms with van der Waals surface area (Å²) in [5, 5.41) is 3.28. The fourth-order valence-corrected chi connectivity index (χ4v) is 1.42. The number of nitrogens with zero attached hydrogens (tertiary/aromatic N) is 1. The van der Waals surface area contributed by atoms with Crippen molar-refractivity contribution >= 4 is 0 Å². The van der Waals surface area contributed by atoms with Crippen LogP contribution in [0.5, 0.6) is 0 Å². The molecule has 0 aliphatic heterocycles. The molecule has 0 aliphatic rings. The normalized spacial score (nSPS) is 12.2. The van der Waals surface area contributed by atoms with E-state index in [0.717, 1.165) is 6.42 Å². The zero-order valence-electron chi connectivity index (χ0n) is 9.12. The van der Waals surface area contributed by atoms with Crippen molar-refractivity contribution in [2.75, 3.05) is 7.05 Å². The van der Waals surface area contributed by atoms with Gasteiger partial charge in [0.15, 0.2) is 0 Å². The van der Waals surface area contributed by atoms with E-state index in [2.05, 4.69) is 36.3 Å². The minimum Gasteiger partial charge on any atom is -0.313 e. The van der Waals surface area contributed by atoms with Gasteiger partial charge in [-0.25, -0.2) is 0 Å². The molecule has 0 saturated heterocycles. The first kappa shape index (κ1) is 10.9. The maximum atomic E-state index is 4.10. The molecule has 2 nitrogen and oxygen atoms in total. The van der Waals surface area contributed by atoms with Crippen LogP contribution in [0.25, 0.3) is 0 Å². The number of nitrogens with one attached hydrogen (secondary N) is 1. The Hall–Kier alpha value is -1.15. The predicted molar refractivity (Wildman–Crippen MR) is 60.2 cm³/mol. The number of hydrogen-bond donors (Lipinski definition) is 1. The van der Waals surface area contributed by atoms with Crippen LogP contribution in [-0.2, 0) is 6.42 Å². The average molecular weight is 190 g/mol. The average Bonchev–Trinajstić information content (AvgIpc) is 2.17. The third-order valence-electron chi connectivity index (χ3n) is 2.08. The Bertz CT molecular complexity index is 286. The van der Waals surface area contributed by atoms with E-state index in [1.807, 2.05) is 19.3 Å². The summed E-state index contributed by atoms with van der Waals surface area (Å²) in [6.45, 7) is 4.24. The fraction of sp³-hybridized carbons (Fsp3) is 0.417. The highest BCUT2D eigenvalue weighted by molar-refractivity contribution is 5.13. The lowest BCUT2D eigenvalue weighted by atomic mass is 10.1. The summed E-state index contributed by atoms with van der Waals surface area (Å²) >= 11 is 0. The van der Waals surface area contributed by atoms with Gasteiger partial charge in [-0.05, 0) is 38.9 Å². The topological polar surface area (TPSA) is 24.9 Å². The van der Waals surface area contributed by atoms with E-state index in [4.69, 9.17) is 0 Å². The standard InChI is InChI=1S/C12H18N2/c1-10(2)7-12(13-3)8-11-5-4-6-14-9-11/h4-7,9,12-13H,8H2,1-3H3. The molecule has 1 rings (SSSR count). The zero-order chi connectivity index (χ0) is 10.4. The second-order valence-corrected chi connectivity index (χ2v) is 3.70. The van der Waals surface area contributed by atoms with Crippen molar-refractivity contribution in [1.29, 1.82) is 0 Å². The van der Waals surface area contributed by atoms with Crippen LogP contribution in [0.4, 0.5) is 0 Å². The molecule has 1 unspecified atom stereocenters. The van der Waals surface area contributed by atoms with Gasteiger partial charge in [0.25, 0.3) is 0 Å². The molecule has 2 heteroatoms. The minimum atomic E-state index is 0.407. The summed E-state index contributed by atoms with van der Waals surface area (Å²) in [6, 6.07) is 4.49. The Labute approximate surface area is 86.1 Å². The summed E-state index contributed by atoms with van der Waals surface area (Å²) in [5.74, 6) is 0. The summed E-state index contributed by atoms with van der Waals surface area (Å²) in [7, 11) is 1.99. The van der Waals surface area contributed by atoms with E-state index in [9.17, 15) is 0 Å². The third kappa shape index (κ3) is 3.71. The van der Waals surface area contributed by atoms with Gasteiger partial charge >= 0.3 is 0 Å². The molecule has 0 bridgehead atoms. The predicted octanol–water partition coefficient (Wildman–Crippen LogP) is 2.18. The first-order chi connectivity index (χ1) is 6.72. The molecule has 1 atom stereocenters. The maximum Gasteiger partial charge on any atom is 0.0300 e. The molecule has 1 heterocycles. The molecular weight excluding hydrogens is 172 g/mol. The van der Waals surface area contributed by atoms with Crippen molar-refractivity contribution in [2.24, 2.45) is 0 Å². The highest BCUT2D eigenvalue weighted by Crippen LogP contribution is 2.04. The summed E-state index contributed by atoms with van der Waals surface area (Å²) in [5.41, 5.74) is 2.61. The minimum absolute atomic E-state index is 0.407. The fourth-order valence-electron chi connectivity index (χ4n) is 1.42. The molecule has 14 heavy (non-hydrogen) atoms. The van der Waals surface area contributed by atoms with E-state index in [1.54, 1.807) is 6.20 Å². The Kier molecular flexibility index (Phi) is 4.33. The van der Waals surface area contributed by atoms with E-state index < -0.39 is 0 Å². The van der Waals surface area contributed by atoms with Crippen LogP contribution >= 0.6 is 0 Å². The highest BCUT2D eigenvalue weighted by atomic mass is 14.9. The van der Waals surface area contributed by atoms with Crippen LogP contribution in [0.1, 0.15) is 19.4 Å². The molecule has 0 aliphatic carbocycles. The molecule has 0 fully saturated rings. The van der Waals surface area contributed by atoms with Gasteiger partial charge in [0.1, 0.15) is 0 Å². The second-order valence-electron chi connectivity index (χ2n) is 3.70. The van der Waals surface area contributed by atoms with E-state index in [1.165, 1.54) is 11.1 Å². The van der Waals surface area contributed by atoms with Crippen molar-refractivity contribution in [3.05, 3.63) is 41.7 Å². The Morgan fingerprint density at radius 1 is 1.57 bits per heavy atom. The van der Waals surface area contributed by atoms with E-state index in [0.29, 0.717) is 6.04 Å². The van der Waals surface area contributed by atoms with E-state index in [-0.39, 0.29) is 0 Å². The van der Waals surface area contributed by atoms with Gasteiger partial charge in [-0.2, -0.15) is 0 Å². The van der Waals surface area contributed by atoms with Crippen molar-refractivity contribution < 1.29 is 0 Å². The maximum absolute atomic E-state index is 4.10. The van der Waals surface area contributed by atoms with Crippen LogP contribution in [0.15, 0.2) is 36.2 Å². The van der Waals surface area contributed by atoms with Gasteiger partial charge in [0.2, 0.25) is 0 Å². The summed E-state index contributed by atoms with van der Waals surface area (Å²) < 4.78 is 0. The Morgan fingerprint density at radius 2 is 2.36 bits per heavy atom. The highest BCUT2D eigenvalue weighted by Gasteiger charge is 2.03.